The van der Waals surface area contributed by atoms with E-state index in [0.29, 0.717) is 5.41 Å². The van der Waals surface area contributed by atoms with Gasteiger partial charge in [0, 0.05) is 13.1 Å². The fraction of sp³-hybridized carbons (Fsp3) is 1.00. The lowest BCUT2D eigenvalue weighted by atomic mass is 9.73. The molecular formula is C15H32N2. The van der Waals surface area contributed by atoms with Crippen LogP contribution < -0.4 is 5.32 Å². The highest BCUT2D eigenvalue weighted by Crippen LogP contribution is 2.36. The van der Waals surface area contributed by atoms with Crippen LogP contribution in [0.25, 0.3) is 0 Å². The number of nitrogens with one attached hydrogen (secondary N) is 1. The molecule has 0 aromatic carbocycles. The van der Waals surface area contributed by atoms with Gasteiger partial charge in [-0.25, -0.2) is 0 Å². The van der Waals surface area contributed by atoms with Gasteiger partial charge >= 0.3 is 0 Å². The van der Waals surface area contributed by atoms with E-state index in [1.165, 1.54) is 64.6 Å². The Morgan fingerprint density at radius 2 is 1.82 bits per heavy atom. The third kappa shape index (κ3) is 5.39. The van der Waals surface area contributed by atoms with E-state index in [9.17, 15) is 0 Å². The van der Waals surface area contributed by atoms with Gasteiger partial charge in [0.1, 0.15) is 0 Å². The Kier molecular flexibility index (Phi) is 7.14. The Hall–Kier alpha value is -0.0800. The van der Waals surface area contributed by atoms with Crippen molar-refractivity contribution < 1.29 is 0 Å². The second kappa shape index (κ2) is 8.10. The highest BCUT2D eigenvalue weighted by atomic mass is 15.1. The summed E-state index contributed by atoms with van der Waals surface area (Å²) >= 11 is 0. The SMILES string of the molecule is CCCCN(C)CC1(CNCC)CCCCC1. The summed E-state index contributed by atoms with van der Waals surface area (Å²) in [5.41, 5.74) is 0.566. The van der Waals surface area contributed by atoms with Crippen LogP contribution in [0.3, 0.4) is 0 Å². The Balaban J connectivity index is 2.44. The molecule has 0 aliphatic heterocycles. The monoisotopic (exact) mass is 240 g/mol. The molecule has 0 amide bonds. The maximum absolute atomic E-state index is 3.59. The minimum Gasteiger partial charge on any atom is -0.316 e. The minimum atomic E-state index is 0.566. The summed E-state index contributed by atoms with van der Waals surface area (Å²) in [5, 5.41) is 3.59. The van der Waals surface area contributed by atoms with Crippen molar-refractivity contribution in [3.8, 4) is 0 Å². The van der Waals surface area contributed by atoms with E-state index in [0.717, 1.165) is 6.54 Å². The summed E-state index contributed by atoms with van der Waals surface area (Å²) in [7, 11) is 2.30. The molecule has 0 radical (unpaired) electrons. The Bertz CT molecular complexity index is 185. The molecule has 1 aliphatic rings. The lowest BCUT2D eigenvalue weighted by molar-refractivity contribution is 0.117. The van der Waals surface area contributed by atoms with Gasteiger partial charge in [-0.3, -0.25) is 0 Å². The van der Waals surface area contributed by atoms with Crippen LogP contribution in [-0.4, -0.2) is 38.1 Å². The average molecular weight is 240 g/mol. The number of hydrogen-bond donors (Lipinski definition) is 1. The number of rotatable bonds is 8. The molecule has 2 heteroatoms. The van der Waals surface area contributed by atoms with Crippen molar-refractivity contribution in [3.63, 3.8) is 0 Å². The quantitative estimate of drug-likeness (QED) is 0.700. The summed E-state index contributed by atoms with van der Waals surface area (Å²) in [5.74, 6) is 0. The number of hydrogen-bond acceptors (Lipinski definition) is 2. The predicted octanol–water partition coefficient (Wildman–Crippen LogP) is 3.28. The molecule has 1 rings (SSSR count). The van der Waals surface area contributed by atoms with E-state index in [-0.39, 0.29) is 0 Å². The first kappa shape index (κ1) is 15.0. The van der Waals surface area contributed by atoms with Crippen LogP contribution in [0.15, 0.2) is 0 Å². The van der Waals surface area contributed by atoms with Crippen LogP contribution in [0.5, 0.6) is 0 Å². The van der Waals surface area contributed by atoms with Crippen LogP contribution in [-0.2, 0) is 0 Å². The van der Waals surface area contributed by atoms with Crippen molar-refractivity contribution in [3.05, 3.63) is 0 Å². The Labute approximate surface area is 108 Å². The molecule has 0 aromatic rings. The molecule has 1 fully saturated rings. The first-order valence-corrected chi connectivity index (χ1v) is 7.62. The van der Waals surface area contributed by atoms with E-state index in [4.69, 9.17) is 0 Å². The molecule has 1 saturated carbocycles. The van der Waals surface area contributed by atoms with E-state index < -0.39 is 0 Å². The molecule has 1 aliphatic carbocycles. The zero-order valence-corrected chi connectivity index (χ0v) is 12.2. The van der Waals surface area contributed by atoms with Crippen molar-refractivity contribution in [2.75, 3.05) is 33.2 Å². The Morgan fingerprint density at radius 1 is 1.12 bits per heavy atom. The van der Waals surface area contributed by atoms with Gasteiger partial charge in [0.05, 0.1) is 0 Å². The summed E-state index contributed by atoms with van der Waals surface area (Å²) in [4.78, 5) is 2.56. The molecule has 0 bridgehead atoms. The standard InChI is InChI=1S/C15H32N2/c1-4-6-12-17(3)14-15(13-16-5-2)10-8-7-9-11-15/h16H,4-14H2,1-3H3. The number of nitrogens with zero attached hydrogens (tertiary/aromatic N) is 1. The first-order chi connectivity index (χ1) is 8.22. The molecule has 0 atom stereocenters. The van der Waals surface area contributed by atoms with Crippen LogP contribution >= 0.6 is 0 Å². The predicted molar refractivity (Wildman–Crippen MR) is 76.5 cm³/mol. The first-order valence-electron chi connectivity index (χ1n) is 7.62. The second-order valence-corrected chi connectivity index (χ2v) is 5.93. The van der Waals surface area contributed by atoms with Crippen molar-refractivity contribution >= 4 is 0 Å². The fourth-order valence-electron chi connectivity index (χ4n) is 3.16. The van der Waals surface area contributed by atoms with Crippen LogP contribution in [0.1, 0.15) is 58.8 Å². The topological polar surface area (TPSA) is 15.3 Å². The van der Waals surface area contributed by atoms with Gasteiger partial charge in [-0.1, -0.05) is 39.5 Å². The molecular weight excluding hydrogens is 208 g/mol. The Morgan fingerprint density at radius 3 is 2.41 bits per heavy atom. The van der Waals surface area contributed by atoms with Crippen molar-refractivity contribution in [1.29, 1.82) is 0 Å². The molecule has 102 valence electrons. The van der Waals surface area contributed by atoms with Gasteiger partial charge in [-0.2, -0.15) is 0 Å². The van der Waals surface area contributed by atoms with Gasteiger partial charge in [-0.05, 0) is 44.8 Å². The second-order valence-electron chi connectivity index (χ2n) is 5.93. The van der Waals surface area contributed by atoms with Crippen LogP contribution in [0, 0.1) is 5.41 Å². The van der Waals surface area contributed by atoms with Crippen molar-refractivity contribution in [2.45, 2.75) is 58.8 Å². The highest BCUT2D eigenvalue weighted by molar-refractivity contribution is 4.87. The van der Waals surface area contributed by atoms with Gasteiger partial charge in [-0.15, -0.1) is 0 Å². The third-order valence-electron chi connectivity index (χ3n) is 4.16. The van der Waals surface area contributed by atoms with Crippen LogP contribution in [0.4, 0.5) is 0 Å². The largest absolute Gasteiger partial charge is 0.316 e. The van der Waals surface area contributed by atoms with Gasteiger partial charge in [0.25, 0.3) is 0 Å². The third-order valence-corrected chi connectivity index (χ3v) is 4.16. The van der Waals surface area contributed by atoms with Gasteiger partial charge < -0.3 is 10.2 Å². The summed E-state index contributed by atoms with van der Waals surface area (Å²) in [6, 6.07) is 0. The molecule has 0 heterocycles. The van der Waals surface area contributed by atoms with Gasteiger partial charge in [0.2, 0.25) is 0 Å². The maximum Gasteiger partial charge on any atom is 0.00471 e. The zero-order valence-electron chi connectivity index (χ0n) is 12.2. The minimum absolute atomic E-state index is 0.566. The fourth-order valence-corrected chi connectivity index (χ4v) is 3.16. The van der Waals surface area contributed by atoms with E-state index in [1.54, 1.807) is 0 Å². The zero-order chi connectivity index (χ0) is 12.6. The summed E-state index contributed by atoms with van der Waals surface area (Å²) in [6.45, 7) is 9.39. The molecule has 1 N–H and O–H groups in total. The van der Waals surface area contributed by atoms with Crippen molar-refractivity contribution in [2.24, 2.45) is 5.41 Å². The average Bonchev–Trinajstić information content (AvgIpc) is 2.35. The lowest BCUT2D eigenvalue weighted by Gasteiger charge is -2.40. The molecule has 0 aromatic heterocycles. The lowest BCUT2D eigenvalue weighted by Crippen LogP contribution is -2.44. The van der Waals surface area contributed by atoms with E-state index in [1.807, 2.05) is 0 Å². The van der Waals surface area contributed by atoms with E-state index >= 15 is 0 Å². The van der Waals surface area contributed by atoms with Crippen molar-refractivity contribution in [1.82, 2.24) is 10.2 Å². The molecule has 0 unspecified atom stereocenters. The maximum atomic E-state index is 3.59. The van der Waals surface area contributed by atoms with Gasteiger partial charge in [0.15, 0.2) is 0 Å². The number of unbranched alkanes of at least 4 members (excludes halogenated alkanes) is 1. The summed E-state index contributed by atoms with van der Waals surface area (Å²) < 4.78 is 0. The molecule has 2 nitrogen and oxygen atoms in total. The molecule has 0 spiro atoms. The highest BCUT2D eigenvalue weighted by Gasteiger charge is 2.32. The smallest absolute Gasteiger partial charge is 0.00471 e. The molecule has 0 saturated heterocycles. The normalized spacial score (nSPS) is 19.8. The van der Waals surface area contributed by atoms with E-state index in [2.05, 4.69) is 31.1 Å². The summed E-state index contributed by atoms with van der Waals surface area (Å²) in [6.07, 6.45) is 9.83. The molecule has 17 heavy (non-hydrogen) atoms. The van der Waals surface area contributed by atoms with Crippen LogP contribution in [0.2, 0.25) is 0 Å².